The van der Waals surface area contributed by atoms with E-state index in [0.29, 0.717) is 12.8 Å². The number of hydrogen-bond acceptors (Lipinski definition) is 4. The van der Waals surface area contributed by atoms with Gasteiger partial charge in [0.15, 0.2) is 0 Å². The number of likely N-dealkylation sites (tertiary alicyclic amines) is 1. The predicted octanol–water partition coefficient (Wildman–Crippen LogP) is 5.45. The summed E-state index contributed by atoms with van der Waals surface area (Å²) < 4.78 is 5.60. The Morgan fingerprint density at radius 2 is 1.92 bits per heavy atom. The van der Waals surface area contributed by atoms with E-state index in [1.807, 2.05) is 18.0 Å². The van der Waals surface area contributed by atoms with E-state index in [9.17, 15) is 9.90 Å². The molecule has 206 valence electrons. The summed E-state index contributed by atoms with van der Waals surface area (Å²) in [6, 6.07) is 19.1. The number of amides is 1. The highest BCUT2D eigenvalue weighted by atomic mass is 16.5. The fraction of sp³-hybridized carbons (Fsp3) is 0.606. The number of aliphatic hydroxyl groups is 1. The third kappa shape index (κ3) is 6.26. The van der Waals surface area contributed by atoms with E-state index in [-0.39, 0.29) is 23.3 Å². The number of unbranched alkanes of at least 4 members (excludes halogenated alkanes) is 2. The van der Waals surface area contributed by atoms with Crippen LogP contribution in [-0.2, 0) is 16.6 Å². The van der Waals surface area contributed by atoms with Crippen molar-refractivity contribution in [1.29, 1.82) is 0 Å². The fourth-order valence-corrected chi connectivity index (χ4v) is 7.12. The van der Waals surface area contributed by atoms with E-state index >= 15 is 0 Å². The first-order valence-corrected chi connectivity index (χ1v) is 14.8. The van der Waals surface area contributed by atoms with Crippen molar-refractivity contribution in [1.82, 2.24) is 9.80 Å². The maximum atomic E-state index is 13.3. The second kappa shape index (κ2) is 12.2. The minimum Gasteiger partial charge on any atom is -0.497 e. The fourth-order valence-electron chi connectivity index (χ4n) is 7.12. The summed E-state index contributed by atoms with van der Waals surface area (Å²) in [5.74, 6) is 2.11. The number of ether oxygens (including phenoxy) is 1. The van der Waals surface area contributed by atoms with Crippen LogP contribution in [0.3, 0.4) is 0 Å². The van der Waals surface area contributed by atoms with Crippen LogP contribution in [0.1, 0.15) is 68.9 Å². The summed E-state index contributed by atoms with van der Waals surface area (Å²) in [7, 11) is 3.68. The smallest absolute Gasteiger partial charge is 0.222 e. The topological polar surface area (TPSA) is 53.0 Å². The highest BCUT2D eigenvalue weighted by Crippen LogP contribution is 2.51. The number of aryl methyl sites for hydroxylation is 1. The van der Waals surface area contributed by atoms with Crippen LogP contribution in [0.4, 0.5) is 0 Å². The highest BCUT2D eigenvalue weighted by Gasteiger charge is 2.53. The maximum Gasteiger partial charge on any atom is 0.222 e. The van der Waals surface area contributed by atoms with E-state index in [1.165, 1.54) is 30.5 Å². The second-order valence-electron chi connectivity index (χ2n) is 12.2. The lowest BCUT2D eigenvalue weighted by Gasteiger charge is -2.56. The van der Waals surface area contributed by atoms with Crippen molar-refractivity contribution in [3.63, 3.8) is 0 Å². The third-order valence-electron chi connectivity index (χ3n) is 9.61. The number of aliphatic hydroxyl groups excluding tert-OH is 1. The molecule has 3 fully saturated rings. The molecule has 1 amide bonds. The van der Waals surface area contributed by atoms with E-state index in [2.05, 4.69) is 53.4 Å². The Bertz CT molecular complexity index is 1060. The van der Waals surface area contributed by atoms with Crippen molar-refractivity contribution in [2.45, 2.75) is 81.8 Å². The van der Waals surface area contributed by atoms with Gasteiger partial charge < -0.3 is 19.6 Å². The number of carbonyl (C=O) groups is 1. The number of fused-ring (bicyclic) bond motifs is 1. The van der Waals surface area contributed by atoms with Gasteiger partial charge >= 0.3 is 0 Å². The lowest BCUT2D eigenvalue weighted by Crippen LogP contribution is -2.61. The summed E-state index contributed by atoms with van der Waals surface area (Å²) in [4.78, 5) is 17.8. The summed E-state index contributed by atoms with van der Waals surface area (Å²) in [6.07, 6.45) is 9.65. The van der Waals surface area contributed by atoms with Gasteiger partial charge in [-0.2, -0.15) is 0 Å². The van der Waals surface area contributed by atoms with Gasteiger partial charge in [0.1, 0.15) is 5.75 Å². The zero-order chi connectivity index (χ0) is 26.5. The third-order valence-corrected chi connectivity index (χ3v) is 9.61. The van der Waals surface area contributed by atoms with E-state index in [0.717, 1.165) is 63.3 Å². The van der Waals surface area contributed by atoms with Crippen LogP contribution in [-0.4, -0.2) is 66.8 Å². The Balaban J connectivity index is 1.24. The number of nitrogens with zero attached hydrogens (tertiary/aromatic N) is 2. The molecule has 4 unspecified atom stereocenters. The van der Waals surface area contributed by atoms with E-state index in [4.69, 9.17) is 4.74 Å². The molecule has 2 aromatic rings. The molecule has 2 saturated carbocycles. The van der Waals surface area contributed by atoms with Crippen molar-refractivity contribution in [3.05, 3.63) is 65.7 Å². The molecular formula is C33H46N2O3. The van der Waals surface area contributed by atoms with Gasteiger partial charge in [-0.1, -0.05) is 48.9 Å². The Kier molecular flexibility index (Phi) is 8.74. The highest BCUT2D eigenvalue weighted by molar-refractivity contribution is 5.76. The van der Waals surface area contributed by atoms with Gasteiger partial charge in [0, 0.05) is 43.9 Å². The number of rotatable bonds is 11. The SMILES string of the molecule is COc1cccc(C23CCN(CC4CC4)CC2C(O)CC(N(C)C(=O)CCCCCc2ccccc2)C3)c1. The van der Waals surface area contributed by atoms with Crippen molar-refractivity contribution >= 4 is 5.91 Å². The maximum absolute atomic E-state index is 13.3. The number of carbonyl (C=O) groups excluding carboxylic acids is 1. The number of hydrogen-bond donors (Lipinski definition) is 1. The largest absolute Gasteiger partial charge is 0.497 e. The van der Waals surface area contributed by atoms with Crippen LogP contribution in [0.5, 0.6) is 5.75 Å². The first kappa shape index (κ1) is 27.2. The zero-order valence-corrected chi connectivity index (χ0v) is 23.4. The van der Waals surface area contributed by atoms with Crippen LogP contribution < -0.4 is 4.74 Å². The van der Waals surface area contributed by atoms with Crippen LogP contribution in [0, 0.1) is 11.8 Å². The second-order valence-corrected chi connectivity index (χ2v) is 12.2. The quantitative estimate of drug-likeness (QED) is 0.402. The number of piperidine rings is 1. The summed E-state index contributed by atoms with van der Waals surface area (Å²) in [5.41, 5.74) is 2.49. The summed E-state index contributed by atoms with van der Waals surface area (Å²) in [6.45, 7) is 3.17. The molecule has 2 aliphatic carbocycles. The average molecular weight is 519 g/mol. The van der Waals surface area contributed by atoms with Gasteiger partial charge in [-0.3, -0.25) is 4.79 Å². The monoisotopic (exact) mass is 518 g/mol. The Hall–Kier alpha value is -2.37. The van der Waals surface area contributed by atoms with Gasteiger partial charge in [-0.15, -0.1) is 0 Å². The van der Waals surface area contributed by atoms with Crippen molar-refractivity contribution in [2.24, 2.45) is 11.8 Å². The van der Waals surface area contributed by atoms with Crippen LogP contribution in [0.15, 0.2) is 54.6 Å². The minimum atomic E-state index is -0.414. The predicted molar refractivity (Wildman–Crippen MR) is 152 cm³/mol. The van der Waals surface area contributed by atoms with Crippen LogP contribution in [0.2, 0.25) is 0 Å². The number of benzene rings is 2. The molecular weight excluding hydrogens is 472 g/mol. The van der Waals surface area contributed by atoms with Crippen LogP contribution in [0.25, 0.3) is 0 Å². The Morgan fingerprint density at radius 1 is 1.11 bits per heavy atom. The molecule has 0 spiro atoms. The molecule has 0 aromatic heterocycles. The first-order valence-electron chi connectivity index (χ1n) is 14.8. The van der Waals surface area contributed by atoms with Gasteiger partial charge in [-0.05, 0) is 87.1 Å². The summed E-state index contributed by atoms with van der Waals surface area (Å²) in [5, 5.41) is 11.6. The Morgan fingerprint density at radius 3 is 2.68 bits per heavy atom. The van der Waals surface area contributed by atoms with Crippen LogP contribution >= 0.6 is 0 Å². The normalized spacial score (nSPS) is 27.5. The van der Waals surface area contributed by atoms with Crippen molar-refractivity contribution < 1.29 is 14.6 Å². The lowest BCUT2D eigenvalue weighted by molar-refractivity contribution is -0.136. The van der Waals surface area contributed by atoms with Crippen molar-refractivity contribution in [2.75, 3.05) is 33.8 Å². The Labute approximate surface area is 229 Å². The molecule has 5 heteroatoms. The molecule has 1 saturated heterocycles. The van der Waals surface area contributed by atoms with Gasteiger partial charge in [0.05, 0.1) is 13.2 Å². The van der Waals surface area contributed by atoms with E-state index < -0.39 is 6.10 Å². The molecule has 1 aliphatic heterocycles. The number of methoxy groups -OCH3 is 1. The zero-order valence-electron chi connectivity index (χ0n) is 23.4. The van der Waals surface area contributed by atoms with Gasteiger partial charge in [0.2, 0.25) is 5.91 Å². The molecule has 0 radical (unpaired) electrons. The molecule has 2 aromatic carbocycles. The first-order chi connectivity index (χ1) is 18.5. The molecule has 1 N–H and O–H groups in total. The van der Waals surface area contributed by atoms with Crippen molar-refractivity contribution in [3.8, 4) is 5.75 Å². The van der Waals surface area contributed by atoms with Gasteiger partial charge in [-0.25, -0.2) is 0 Å². The summed E-state index contributed by atoms with van der Waals surface area (Å²) >= 11 is 0. The van der Waals surface area contributed by atoms with Gasteiger partial charge in [0.25, 0.3) is 0 Å². The standard InChI is InChI=1S/C33H46N2O3/c1-34(32(37)15-8-4-7-12-25-10-5-3-6-11-25)28-21-31(36)30-24-35(23-26-16-17-26)19-18-33(30,22-28)27-13-9-14-29(20-27)38-2/h3,5-6,9-11,13-14,20,26,28,30-31,36H,4,7-8,12,15-19,21-24H2,1-2H3. The molecule has 4 atom stereocenters. The molecule has 1 heterocycles. The molecule has 0 bridgehead atoms. The minimum absolute atomic E-state index is 0.0549. The molecule has 38 heavy (non-hydrogen) atoms. The van der Waals surface area contributed by atoms with E-state index in [1.54, 1.807) is 7.11 Å². The molecule has 5 nitrogen and oxygen atoms in total. The molecule has 3 aliphatic rings. The lowest BCUT2D eigenvalue weighted by atomic mass is 9.56. The average Bonchev–Trinajstić information content (AvgIpc) is 3.77. The molecule has 5 rings (SSSR count).